The Hall–Kier alpha value is -3.15. The van der Waals surface area contributed by atoms with Crippen LogP contribution in [0.5, 0.6) is 5.75 Å². The van der Waals surface area contributed by atoms with Crippen LogP contribution in [-0.2, 0) is 19.4 Å². The summed E-state index contributed by atoms with van der Waals surface area (Å²) < 4.78 is 19.1. The number of aromatic nitrogens is 2. The number of para-hydroxylation sites is 1. The number of halogens is 1. The Morgan fingerprint density at radius 2 is 1.85 bits per heavy atom. The summed E-state index contributed by atoms with van der Waals surface area (Å²) in [5, 5.41) is 6.90. The monoisotopic (exact) mass is 365 g/mol. The van der Waals surface area contributed by atoms with Gasteiger partial charge in [-0.05, 0) is 42.2 Å². The van der Waals surface area contributed by atoms with Crippen molar-refractivity contribution in [2.45, 2.75) is 25.5 Å². The molecule has 1 amide bonds. The lowest BCUT2D eigenvalue weighted by Gasteiger charge is -2.23. The summed E-state index contributed by atoms with van der Waals surface area (Å²) in [6.45, 7) is 0.111. The highest BCUT2D eigenvalue weighted by molar-refractivity contribution is 5.92. The van der Waals surface area contributed by atoms with Crippen LogP contribution in [0.15, 0.2) is 54.6 Å². The summed E-state index contributed by atoms with van der Waals surface area (Å²) in [5.74, 6) is -0.393. The average Bonchev–Trinajstić information content (AvgIpc) is 3.33. The second-order valence-corrected chi connectivity index (χ2v) is 6.74. The molecule has 4 rings (SSSR count). The maximum absolute atomic E-state index is 13.6. The van der Waals surface area contributed by atoms with Gasteiger partial charge in [0, 0.05) is 13.1 Å². The first-order valence-electron chi connectivity index (χ1n) is 8.87. The normalized spacial score (nSPS) is 13.4. The molecule has 3 aromatic rings. The number of carbonyl (C=O) groups excluding carboxylic acids is 1. The van der Waals surface area contributed by atoms with Crippen LogP contribution in [0.1, 0.15) is 27.3 Å². The summed E-state index contributed by atoms with van der Waals surface area (Å²) in [7, 11) is 1.81. The van der Waals surface area contributed by atoms with Crippen molar-refractivity contribution in [2.24, 2.45) is 0 Å². The Bertz CT molecular complexity index is 944. The van der Waals surface area contributed by atoms with Gasteiger partial charge in [0.2, 0.25) is 0 Å². The number of benzene rings is 2. The van der Waals surface area contributed by atoms with Crippen LogP contribution in [0.4, 0.5) is 4.39 Å². The van der Waals surface area contributed by atoms with Crippen LogP contribution in [0, 0.1) is 5.82 Å². The number of hydrogen-bond acceptors (Lipinski definition) is 3. The first-order chi connectivity index (χ1) is 13.1. The molecule has 1 aliphatic carbocycles. The molecule has 0 saturated heterocycles. The van der Waals surface area contributed by atoms with Gasteiger partial charge in [-0.15, -0.1) is 0 Å². The van der Waals surface area contributed by atoms with Gasteiger partial charge in [-0.25, -0.2) is 4.39 Å². The lowest BCUT2D eigenvalue weighted by molar-refractivity contribution is 0.0731. The molecule has 0 unspecified atom stereocenters. The number of fused-ring (bicyclic) bond motifs is 1. The molecule has 0 atom stereocenters. The fraction of sp³-hybridized carbons (Fsp3) is 0.238. The first kappa shape index (κ1) is 17.3. The van der Waals surface area contributed by atoms with Crippen molar-refractivity contribution < 1.29 is 13.9 Å². The van der Waals surface area contributed by atoms with Crippen LogP contribution in [0.25, 0.3) is 0 Å². The molecular weight excluding hydrogens is 345 g/mol. The third-order valence-corrected chi connectivity index (χ3v) is 4.97. The predicted molar refractivity (Wildman–Crippen MR) is 99.1 cm³/mol. The van der Waals surface area contributed by atoms with E-state index in [1.165, 1.54) is 17.2 Å². The topological polar surface area (TPSA) is 58.2 Å². The summed E-state index contributed by atoms with van der Waals surface area (Å²) >= 11 is 0. The maximum Gasteiger partial charge on any atom is 0.274 e. The molecule has 1 aromatic heterocycles. The molecule has 2 aromatic carbocycles. The van der Waals surface area contributed by atoms with Gasteiger partial charge in [0.05, 0.1) is 5.69 Å². The zero-order valence-electron chi connectivity index (χ0n) is 15.0. The molecule has 6 heteroatoms. The molecule has 0 aliphatic heterocycles. The van der Waals surface area contributed by atoms with E-state index in [2.05, 4.69) is 22.3 Å². The highest BCUT2D eigenvalue weighted by Gasteiger charge is 2.28. The van der Waals surface area contributed by atoms with E-state index in [1.54, 1.807) is 29.2 Å². The molecule has 0 radical (unpaired) electrons. The Morgan fingerprint density at radius 3 is 2.56 bits per heavy atom. The number of H-pyrrole nitrogens is 1. The van der Waals surface area contributed by atoms with Gasteiger partial charge < -0.3 is 9.64 Å². The van der Waals surface area contributed by atoms with E-state index in [4.69, 9.17) is 4.74 Å². The van der Waals surface area contributed by atoms with E-state index in [9.17, 15) is 9.18 Å². The number of aromatic amines is 1. The highest BCUT2D eigenvalue weighted by Crippen LogP contribution is 2.25. The molecule has 138 valence electrons. The Balaban J connectivity index is 1.39. The van der Waals surface area contributed by atoms with Crippen molar-refractivity contribution in [2.75, 3.05) is 7.05 Å². The highest BCUT2D eigenvalue weighted by atomic mass is 19.1. The first-order valence-corrected chi connectivity index (χ1v) is 8.87. The van der Waals surface area contributed by atoms with Crippen molar-refractivity contribution in [3.63, 3.8) is 0 Å². The smallest absolute Gasteiger partial charge is 0.274 e. The average molecular weight is 365 g/mol. The predicted octanol–water partition coefficient (Wildman–Crippen LogP) is 3.37. The second kappa shape index (κ2) is 7.23. The quantitative estimate of drug-likeness (QED) is 0.754. The van der Waals surface area contributed by atoms with Crippen LogP contribution in [0.3, 0.4) is 0 Å². The molecule has 1 aliphatic rings. The van der Waals surface area contributed by atoms with Crippen molar-refractivity contribution in [1.29, 1.82) is 0 Å². The minimum Gasteiger partial charge on any atom is -0.484 e. The van der Waals surface area contributed by atoms with Crippen LogP contribution >= 0.6 is 0 Å². The van der Waals surface area contributed by atoms with E-state index in [1.807, 2.05) is 19.2 Å². The Kier molecular flexibility index (Phi) is 4.62. The van der Waals surface area contributed by atoms with E-state index < -0.39 is 5.82 Å². The molecule has 5 nitrogen and oxygen atoms in total. The van der Waals surface area contributed by atoms with E-state index in [0.717, 1.165) is 12.8 Å². The number of amides is 1. The van der Waals surface area contributed by atoms with Crippen LogP contribution < -0.4 is 4.74 Å². The standard InChI is InChI=1S/C21H20FN3O2/c1-25(17-10-14-6-2-3-7-15(14)11-17)21(26)19-12-16(23-24-19)13-27-20-9-5-4-8-18(20)22/h2-9,12,17H,10-11,13H2,1H3,(H,23,24). The van der Waals surface area contributed by atoms with Crippen LogP contribution in [0.2, 0.25) is 0 Å². The van der Waals surface area contributed by atoms with Gasteiger partial charge in [0.15, 0.2) is 17.3 Å². The Morgan fingerprint density at radius 1 is 1.19 bits per heavy atom. The number of carbonyl (C=O) groups is 1. The number of nitrogens with one attached hydrogen (secondary N) is 1. The van der Waals surface area contributed by atoms with E-state index in [-0.39, 0.29) is 24.3 Å². The molecule has 0 fully saturated rings. The zero-order valence-corrected chi connectivity index (χ0v) is 15.0. The summed E-state index contributed by atoms with van der Waals surface area (Å²) in [6.07, 6.45) is 1.71. The molecule has 1 N–H and O–H groups in total. The number of rotatable bonds is 5. The van der Waals surface area contributed by atoms with Gasteiger partial charge >= 0.3 is 0 Å². The molecule has 1 heterocycles. The van der Waals surface area contributed by atoms with Crippen molar-refractivity contribution >= 4 is 5.91 Å². The van der Waals surface area contributed by atoms with Gasteiger partial charge in [0.25, 0.3) is 5.91 Å². The third kappa shape index (κ3) is 3.56. The number of nitrogens with zero attached hydrogens (tertiary/aromatic N) is 2. The largest absolute Gasteiger partial charge is 0.484 e. The molecule has 0 bridgehead atoms. The van der Waals surface area contributed by atoms with Crippen molar-refractivity contribution in [1.82, 2.24) is 15.1 Å². The summed E-state index contributed by atoms with van der Waals surface area (Å²) in [6, 6.07) is 16.3. The lowest BCUT2D eigenvalue weighted by Crippen LogP contribution is -2.37. The van der Waals surface area contributed by atoms with E-state index >= 15 is 0 Å². The summed E-state index contributed by atoms with van der Waals surface area (Å²) in [5.41, 5.74) is 3.54. The SMILES string of the molecule is CN(C(=O)c1cc(COc2ccccc2F)[nH]n1)C1Cc2ccccc2C1. The number of ether oxygens (including phenoxy) is 1. The lowest BCUT2D eigenvalue weighted by atomic mass is 10.1. The third-order valence-electron chi connectivity index (χ3n) is 4.97. The minimum absolute atomic E-state index is 0.111. The molecule has 27 heavy (non-hydrogen) atoms. The maximum atomic E-state index is 13.6. The fourth-order valence-electron chi connectivity index (χ4n) is 3.42. The van der Waals surface area contributed by atoms with Gasteiger partial charge in [-0.3, -0.25) is 9.89 Å². The molecular formula is C21H20FN3O2. The Labute approximate surface area is 156 Å². The van der Waals surface area contributed by atoms with E-state index in [0.29, 0.717) is 11.4 Å². The fourth-order valence-corrected chi connectivity index (χ4v) is 3.42. The van der Waals surface area contributed by atoms with Gasteiger partial charge in [-0.2, -0.15) is 5.10 Å². The van der Waals surface area contributed by atoms with Gasteiger partial charge in [0.1, 0.15) is 6.61 Å². The van der Waals surface area contributed by atoms with Crippen molar-refractivity contribution in [3.05, 3.63) is 82.9 Å². The summed E-state index contributed by atoms with van der Waals surface area (Å²) in [4.78, 5) is 14.5. The zero-order chi connectivity index (χ0) is 18.8. The number of hydrogen-bond donors (Lipinski definition) is 1. The molecule has 0 spiro atoms. The van der Waals surface area contributed by atoms with Crippen LogP contribution in [-0.4, -0.2) is 34.1 Å². The van der Waals surface area contributed by atoms with Crippen molar-refractivity contribution in [3.8, 4) is 5.75 Å². The second-order valence-electron chi connectivity index (χ2n) is 6.74. The molecule has 0 saturated carbocycles. The van der Waals surface area contributed by atoms with Gasteiger partial charge in [-0.1, -0.05) is 36.4 Å². The number of likely N-dealkylation sites (N-methyl/N-ethyl adjacent to an activating group) is 1. The minimum atomic E-state index is -0.422.